The van der Waals surface area contributed by atoms with Crippen LogP contribution < -0.4 is 5.32 Å². The van der Waals surface area contributed by atoms with Gasteiger partial charge in [-0.25, -0.2) is 0 Å². The molecular formula is C20H24ClN3O2S. The van der Waals surface area contributed by atoms with E-state index in [0.29, 0.717) is 24.7 Å². The molecule has 0 saturated carbocycles. The van der Waals surface area contributed by atoms with Crippen molar-refractivity contribution in [1.29, 1.82) is 0 Å². The van der Waals surface area contributed by atoms with E-state index in [9.17, 15) is 9.59 Å². The predicted octanol–water partition coefficient (Wildman–Crippen LogP) is 3.43. The van der Waals surface area contributed by atoms with E-state index < -0.39 is 0 Å². The van der Waals surface area contributed by atoms with Crippen LogP contribution in [0.25, 0.3) is 0 Å². The second-order valence-corrected chi connectivity index (χ2v) is 7.93. The number of hydrogen-bond acceptors (Lipinski definition) is 4. The average Bonchev–Trinajstić information content (AvgIpc) is 3.09. The van der Waals surface area contributed by atoms with Crippen LogP contribution in [0.3, 0.4) is 0 Å². The molecule has 0 aliphatic carbocycles. The van der Waals surface area contributed by atoms with Crippen molar-refractivity contribution in [1.82, 2.24) is 15.1 Å². The molecule has 7 heteroatoms. The summed E-state index contributed by atoms with van der Waals surface area (Å²) in [5.41, 5.74) is 1.66. The average molecular weight is 406 g/mol. The van der Waals surface area contributed by atoms with Crippen molar-refractivity contribution in [2.75, 3.05) is 32.7 Å². The first-order chi connectivity index (χ1) is 13.0. The Bertz CT molecular complexity index is 781. The molecule has 144 valence electrons. The summed E-state index contributed by atoms with van der Waals surface area (Å²) in [4.78, 5) is 28.9. The highest BCUT2D eigenvalue weighted by molar-refractivity contribution is 7.08. The third kappa shape index (κ3) is 5.31. The summed E-state index contributed by atoms with van der Waals surface area (Å²) >= 11 is 7.74. The van der Waals surface area contributed by atoms with Crippen molar-refractivity contribution in [3.8, 4) is 0 Å². The first-order valence-electron chi connectivity index (χ1n) is 9.12. The van der Waals surface area contributed by atoms with Gasteiger partial charge in [0.2, 0.25) is 5.91 Å². The van der Waals surface area contributed by atoms with E-state index in [0.717, 1.165) is 30.6 Å². The Morgan fingerprint density at radius 3 is 2.74 bits per heavy atom. The first-order valence-corrected chi connectivity index (χ1v) is 10.4. The summed E-state index contributed by atoms with van der Waals surface area (Å²) in [6, 6.07) is 9.26. The van der Waals surface area contributed by atoms with Gasteiger partial charge < -0.3 is 10.2 Å². The SMILES string of the molecule is CC(NC(=O)CN1CCCN(C(=O)c2ccsc2)CC1)c1ccccc1Cl. The Morgan fingerprint density at radius 1 is 1.19 bits per heavy atom. The summed E-state index contributed by atoms with van der Waals surface area (Å²) in [6.07, 6.45) is 0.864. The molecule has 1 atom stereocenters. The van der Waals surface area contributed by atoms with Gasteiger partial charge in [0.1, 0.15) is 0 Å². The van der Waals surface area contributed by atoms with Crippen molar-refractivity contribution in [2.24, 2.45) is 0 Å². The van der Waals surface area contributed by atoms with E-state index in [2.05, 4.69) is 10.2 Å². The summed E-state index contributed by atoms with van der Waals surface area (Å²) in [5.74, 6) is 0.0509. The van der Waals surface area contributed by atoms with Crippen LogP contribution in [-0.2, 0) is 4.79 Å². The highest BCUT2D eigenvalue weighted by Crippen LogP contribution is 2.22. The van der Waals surface area contributed by atoms with Gasteiger partial charge in [0.05, 0.1) is 18.2 Å². The Hall–Kier alpha value is -1.89. The second-order valence-electron chi connectivity index (χ2n) is 6.74. The minimum Gasteiger partial charge on any atom is -0.348 e. The van der Waals surface area contributed by atoms with Gasteiger partial charge >= 0.3 is 0 Å². The Labute approximate surface area is 168 Å². The van der Waals surface area contributed by atoms with Crippen molar-refractivity contribution in [3.05, 3.63) is 57.2 Å². The summed E-state index contributed by atoms with van der Waals surface area (Å²) in [6.45, 7) is 5.13. The lowest BCUT2D eigenvalue weighted by molar-refractivity contribution is -0.122. The lowest BCUT2D eigenvalue weighted by atomic mass is 10.1. The molecule has 3 rings (SSSR count). The highest BCUT2D eigenvalue weighted by atomic mass is 35.5. The second kappa shape index (κ2) is 9.35. The number of nitrogens with one attached hydrogen (secondary N) is 1. The van der Waals surface area contributed by atoms with E-state index in [1.807, 2.05) is 52.9 Å². The maximum Gasteiger partial charge on any atom is 0.254 e. The fraction of sp³-hybridized carbons (Fsp3) is 0.400. The molecule has 5 nitrogen and oxygen atoms in total. The minimum absolute atomic E-state index is 0.0277. The van der Waals surface area contributed by atoms with Gasteiger partial charge in [-0.2, -0.15) is 11.3 Å². The van der Waals surface area contributed by atoms with Crippen LogP contribution in [0.2, 0.25) is 5.02 Å². The molecule has 2 heterocycles. The Kier molecular flexibility index (Phi) is 6.88. The van der Waals surface area contributed by atoms with E-state index >= 15 is 0 Å². The normalized spacial score (nSPS) is 16.6. The first kappa shape index (κ1) is 19.9. The molecule has 1 fully saturated rings. The standard InChI is InChI=1S/C20H24ClN3O2S/c1-15(17-5-2-3-6-18(17)21)22-19(25)13-23-8-4-9-24(11-10-23)20(26)16-7-12-27-14-16/h2-3,5-7,12,14-15H,4,8-11,13H2,1H3,(H,22,25). The van der Waals surface area contributed by atoms with Crippen LogP contribution in [0.1, 0.15) is 35.3 Å². The molecule has 1 N–H and O–H groups in total. The van der Waals surface area contributed by atoms with Crippen molar-refractivity contribution < 1.29 is 9.59 Å². The predicted molar refractivity (Wildman–Crippen MR) is 109 cm³/mol. The molecule has 2 amide bonds. The van der Waals surface area contributed by atoms with Crippen LogP contribution in [0.15, 0.2) is 41.1 Å². The molecule has 0 spiro atoms. The quantitative estimate of drug-likeness (QED) is 0.829. The van der Waals surface area contributed by atoms with Gasteiger partial charge in [0.15, 0.2) is 0 Å². The molecule has 1 aromatic carbocycles. The van der Waals surface area contributed by atoms with Gasteiger partial charge in [0.25, 0.3) is 5.91 Å². The molecular weight excluding hydrogens is 382 g/mol. The zero-order valence-electron chi connectivity index (χ0n) is 15.4. The molecule has 1 aliphatic heterocycles. The number of hydrogen-bond donors (Lipinski definition) is 1. The van der Waals surface area contributed by atoms with E-state index in [1.54, 1.807) is 0 Å². The number of thiophene rings is 1. The number of carbonyl (C=O) groups excluding carboxylic acids is 2. The lowest BCUT2D eigenvalue weighted by Gasteiger charge is -2.22. The Balaban J connectivity index is 1.50. The number of halogens is 1. The highest BCUT2D eigenvalue weighted by Gasteiger charge is 2.22. The van der Waals surface area contributed by atoms with Crippen LogP contribution >= 0.6 is 22.9 Å². The molecule has 1 saturated heterocycles. The molecule has 1 unspecified atom stereocenters. The molecule has 2 aromatic rings. The molecule has 0 radical (unpaired) electrons. The fourth-order valence-corrected chi connectivity index (χ4v) is 4.22. The summed E-state index contributed by atoms with van der Waals surface area (Å²) in [5, 5.41) is 7.47. The third-order valence-electron chi connectivity index (χ3n) is 4.76. The maximum absolute atomic E-state index is 12.5. The number of nitrogens with zero attached hydrogens (tertiary/aromatic N) is 2. The van der Waals surface area contributed by atoms with Crippen LogP contribution in [0, 0.1) is 0 Å². The molecule has 1 aliphatic rings. The lowest BCUT2D eigenvalue weighted by Crippen LogP contribution is -2.40. The number of benzene rings is 1. The summed E-state index contributed by atoms with van der Waals surface area (Å²) in [7, 11) is 0. The van der Waals surface area contributed by atoms with E-state index in [1.165, 1.54) is 11.3 Å². The topological polar surface area (TPSA) is 52.7 Å². The van der Waals surface area contributed by atoms with Crippen LogP contribution in [-0.4, -0.2) is 54.3 Å². The van der Waals surface area contributed by atoms with Gasteiger partial charge in [-0.05, 0) is 36.4 Å². The zero-order chi connectivity index (χ0) is 19.2. The van der Waals surface area contributed by atoms with Gasteiger partial charge in [-0.15, -0.1) is 0 Å². The Morgan fingerprint density at radius 2 is 2.00 bits per heavy atom. The minimum atomic E-state index is -0.144. The van der Waals surface area contributed by atoms with Crippen LogP contribution in [0.4, 0.5) is 0 Å². The summed E-state index contributed by atoms with van der Waals surface area (Å²) < 4.78 is 0. The van der Waals surface area contributed by atoms with Crippen molar-refractivity contribution >= 4 is 34.8 Å². The van der Waals surface area contributed by atoms with Crippen LogP contribution in [0.5, 0.6) is 0 Å². The van der Waals surface area contributed by atoms with Crippen molar-refractivity contribution in [3.63, 3.8) is 0 Å². The van der Waals surface area contributed by atoms with Gasteiger partial charge in [-0.3, -0.25) is 14.5 Å². The zero-order valence-corrected chi connectivity index (χ0v) is 16.9. The largest absolute Gasteiger partial charge is 0.348 e. The van der Waals surface area contributed by atoms with Gasteiger partial charge in [-0.1, -0.05) is 29.8 Å². The van der Waals surface area contributed by atoms with Crippen molar-refractivity contribution in [2.45, 2.75) is 19.4 Å². The van der Waals surface area contributed by atoms with Gasteiger partial charge in [0, 0.05) is 36.6 Å². The van der Waals surface area contributed by atoms with E-state index in [4.69, 9.17) is 11.6 Å². The smallest absolute Gasteiger partial charge is 0.254 e. The number of carbonyl (C=O) groups is 2. The molecule has 27 heavy (non-hydrogen) atoms. The fourth-order valence-electron chi connectivity index (χ4n) is 3.30. The van der Waals surface area contributed by atoms with E-state index in [-0.39, 0.29) is 17.9 Å². The monoisotopic (exact) mass is 405 g/mol. The third-order valence-corrected chi connectivity index (χ3v) is 5.79. The number of rotatable bonds is 5. The molecule has 1 aromatic heterocycles. The molecule has 0 bridgehead atoms. The number of amides is 2. The maximum atomic E-state index is 12.5.